The van der Waals surface area contributed by atoms with Gasteiger partial charge in [0.25, 0.3) is 0 Å². The second-order valence-electron chi connectivity index (χ2n) is 3.40. The van der Waals surface area contributed by atoms with Crippen LogP contribution in [0.2, 0.25) is 0 Å². The highest BCUT2D eigenvalue weighted by molar-refractivity contribution is 5.14. The third-order valence-electron chi connectivity index (χ3n) is 2.28. The zero-order valence-electron chi connectivity index (χ0n) is 8.56. The van der Waals surface area contributed by atoms with E-state index in [0.29, 0.717) is 11.4 Å². The number of rotatable bonds is 3. The molecule has 82 valence electrons. The summed E-state index contributed by atoms with van der Waals surface area (Å²) in [6.07, 6.45) is 1.03. The average molecular weight is 216 g/mol. The SMILES string of the molecule is OC(c1ccccn1)C(O)c1ccccn1. The molecule has 2 heterocycles. The van der Waals surface area contributed by atoms with E-state index in [4.69, 9.17) is 0 Å². The van der Waals surface area contributed by atoms with Crippen LogP contribution in [0.4, 0.5) is 0 Å². The first kappa shape index (κ1) is 10.7. The summed E-state index contributed by atoms with van der Waals surface area (Å²) >= 11 is 0. The van der Waals surface area contributed by atoms with Crippen LogP contribution < -0.4 is 0 Å². The molecule has 4 heteroatoms. The number of pyridine rings is 2. The Bertz CT molecular complexity index is 390. The van der Waals surface area contributed by atoms with Gasteiger partial charge in [-0.2, -0.15) is 0 Å². The van der Waals surface area contributed by atoms with Crippen LogP contribution in [0.25, 0.3) is 0 Å². The van der Waals surface area contributed by atoms with Crippen LogP contribution >= 0.6 is 0 Å². The van der Waals surface area contributed by atoms with Gasteiger partial charge in [-0.1, -0.05) is 12.1 Å². The lowest BCUT2D eigenvalue weighted by molar-refractivity contribution is 0.0120. The Morgan fingerprint density at radius 3 is 1.50 bits per heavy atom. The van der Waals surface area contributed by atoms with E-state index in [9.17, 15) is 10.2 Å². The van der Waals surface area contributed by atoms with Crippen molar-refractivity contribution < 1.29 is 10.2 Å². The molecule has 4 nitrogen and oxygen atoms in total. The molecule has 0 saturated heterocycles. The molecule has 0 bridgehead atoms. The second-order valence-corrected chi connectivity index (χ2v) is 3.40. The standard InChI is InChI=1S/C12H12N2O2/c15-11(9-5-1-3-7-13-9)12(16)10-6-2-4-8-14-10/h1-8,11-12,15-16H. The number of hydrogen-bond donors (Lipinski definition) is 2. The molecule has 0 radical (unpaired) electrons. The third kappa shape index (κ3) is 2.24. The Hall–Kier alpha value is -1.78. The summed E-state index contributed by atoms with van der Waals surface area (Å²) in [6.45, 7) is 0. The Kier molecular flexibility index (Phi) is 3.24. The number of nitrogens with zero attached hydrogens (tertiary/aromatic N) is 2. The molecule has 0 aliphatic carbocycles. The zero-order valence-corrected chi connectivity index (χ0v) is 8.56. The summed E-state index contributed by atoms with van der Waals surface area (Å²) in [7, 11) is 0. The van der Waals surface area contributed by atoms with Crippen molar-refractivity contribution in [2.45, 2.75) is 12.2 Å². The summed E-state index contributed by atoms with van der Waals surface area (Å²) in [4.78, 5) is 7.97. The van der Waals surface area contributed by atoms with Gasteiger partial charge < -0.3 is 10.2 Å². The quantitative estimate of drug-likeness (QED) is 0.810. The van der Waals surface area contributed by atoms with Crippen molar-refractivity contribution in [3.8, 4) is 0 Å². The van der Waals surface area contributed by atoms with Gasteiger partial charge in [-0.25, -0.2) is 0 Å². The molecule has 2 rings (SSSR count). The lowest BCUT2D eigenvalue weighted by Crippen LogP contribution is -2.12. The summed E-state index contributed by atoms with van der Waals surface area (Å²) in [5, 5.41) is 19.8. The molecule has 16 heavy (non-hydrogen) atoms. The van der Waals surface area contributed by atoms with Gasteiger partial charge in [0.1, 0.15) is 12.2 Å². The van der Waals surface area contributed by atoms with E-state index in [1.807, 2.05) is 0 Å². The van der Waals surface area contributed by atoms with E-state index in [0.717, 1.165) is 0 Å². The second kappa shape index (κ2) is 4.83. The summed E-state index contributed by atoms with van der Waals surface area (Å²) in [5.74, 6) is 0. The molecule has 0 saturated carbocycles. The highest BCUT2D eigenvalue weighted by atomic mass is 16.3. The van der Waals surface area contributed by atoms with Gasteiger partial charge in [-0.05, 0) is 24.3 Å². The van der Waals surface area contributed by atoms with Crippen LogP contribution in [0.1, 0.15) is 23.6 Å². The van der Waals surface area contributed by atoms with Crippen molar-refractivity contribution in [2.75, 3.05) is 0 Å². The minimum atomic E-state index is -1.06. The maximum atomic E-state index is 9.89. The topological polar surface area (TPSA) is 66.2 Å². The summed E-state index contributed by atoms with van der Waals surface area (Å²) in [6, 6.07) is 10.4. The average Bonchev–Trinajstić information content (AvgIpc) is 2.39. The van der Waals surface area contributed by atoms with Crippen LogP contribution in [0.3, 0.4) is 0 Å². The Balaban J connectivity index is 2.20. The molecule has 0 aliphatic rings. The largest absolute Gasteiger partial charge is 0.384 e. The van der Waals surface area contributed by atoms with Crippen molar-refractivity contribution in [2.24, 2.45) is 0 Å². The molecule has 2 aromatic rings. The minimum Gasteiger partial charge on any atom is -0.384 e. The van der Waals surface area contributed by atoms with Gasteiger partial charge in [0.05, 0.1) is 11.4 Å². The molecule has 0 aliphatic heterocycles. The minimum absolute atomic E-state index is 0.431. The van der Waals surface area contributed by atoms with Crippen LogP contribution in [-0.2, 0) is 0 Å². The number of aromatic nitrogens is 2. The van der Waals surface area contributed by atoms with Crippen LogP contribution in [0.15, 0.2) is 48.8 Å². The van der Waals surface area contributed by atoms with Gasteiger partial charge in [0, 0.05) is 12.4 Å². The maximum absolute atomic E-state index is 9.89. The molecule has 2 N–H and O–H groups in total. The van der Waals surface area contributed by atoms with Crippen molar-refractivity contribution in [3.63, 3.8) is 0 Å². The first-order chi connectivity index (χ1) is 7.79. The molecule has 0 aromatic carbocycles. The molecular formula is C12H12N2O2. The van der Waals surface area contributed by atoms with Gasteiger partial charge in [0.2, 0.25) is 0 Å². The van der Waals surface area contributed by atoms with Gasteiger partial charge in [0.15, 0.2) is 0 Å². The monoisotopic (exact) mass is 216 g/mol. The predicted octanol–water partition coefficient (Wildman–Crippen LogP) is 1.24. The smallest absolute Gasteiger partial charge is 0.127 e. The van der Waals surface area contributed by atoms with Crippen LogP contribution in [0.5, 0.6) is 0 Å². The van der Waals surface area contributed by atoms with Crippen LogP contribution in [0, 0.1) is 0 Å². The molecule has 0 fully saturated rings. The molecule has 2 unspecified atom stereocenters. The molecular weight excluding hydrogens is 204 g/mol. The van der Waals surface area contributed by atoms with Crippen molar-refractivity contribution in [3.05, 3.63) is 60.2 Å². The lowest BCUT2D eigenvalue weighted by Gasteiger charge is -2.16. The highest BCUT2D eigenvalue weighted by Gasteiger charge is 2.21. The number of aliphatic hydroxyl groups is 2. The number of hydrogen-bond acceptors (Lipinski definition) is 4. The van der Waals surface area contributed by atoms with Gasteiger partial charge >= 0.3 is 0 Å². The Morgan fingerprint density at radius 2 is 1.19 bits per heavy atom. The Labute approximate surface area is 93.2 Å². The third-order valence-corrected chi connectivity index (χ3v) is 2.28. The molecule has 0 amide bonds. The normalized spacial score (nSPS) is 14.4. The molecule has 0 spiro atoms. The fraction of sp³-hybridized carbons (Fsp3) is 0.167. The first-order valence-corrected chi connectivity index (χ1v) is 4.97. The predicted molar refractivity (Wildman–Crippen MR) is 58.4 cm³/mol. The van der Waals surface area contributed by atoms with E-state index in [-0.39, 0.29) is 0 Å². The van der Waals surface area contributed by atoms with E-state index in [1.54, 1.807) is 48.8 Å². The van der Waals surface area contributed by atoms with Gasteiger partial charge in [-0.3, -0.25) is 9.97 Å². The van der Waals surface area contributed by atoms with Crippen molar-refractivity contribution in [1.82, 2.24) is 9.97 Å². The Morgan fingerprint density at radius 1 is 0.750 bits per heavy atom. The summed E-state index contributed by atoms with van der Waals surface area (Å²) in [5.41, 5.74) is 0.862. The van der Waals surface area contributed by atoms with Crippen molar-refractivity contribution >= 4 is 0 Å². The zero-order chi connectivity index (χ0) is 11.4. The van der Waals surface area contributed by atoms with Gasteiger partial charge in [-0.15, -0.1) is 0 Å². The van der Waals surface area contributed by atoms with E-state index < -0.39 is 12.2 Å². The van der Waals surface area contributed by atoms with Crippen LogP contribution in [-0.4, -0.2) is 20.2 Å². The number of aliphatic hydroxyl groups excluding tert-OH is 2. The maximum Gasteiger partial charge on any atom is 0.127 e. The van der Waals surface area contributed by atoms with Crippen molar-refractivity contribution in [1.29, 1.82) is 0 Å². The van der Waals surface area contributed by atoms with E-state index >= 15 is 0 Å². The van der Waals surface area contributed by atoms with E-state index in [2.05, 4.69) is 9.97 Å². The molecule has 2 aromatic heterocycles. The first-order valence-electron chi connectivity index (χ1n) is 4.97. The highest BCUT2D eigenvalue weighted by Crippen LogP contribution is 2.25. The summed E-state index contributed by atoms with van der Waals surface area (Å²) < 4.78 is 0. The fourth-order valence-corrected chi connectivity index (χ4v) is 1.43. The van der Waals surface area contributed by atoms with E-state index in [1.165, 1.54) is 0 Å². The molecule has 2 atom stereocenters. The fourth-order valence-electron chi connectivity index (χ4n) is 1.43. The lowest BCUT2D eigenvalue weighted by atomic mass is 10.1.